The zero-order valence-electron chi connectivity index (χ0n) is 10.5. The smallest absolute Gasteiger partial charge is 0.257 e. The number of piperidine rings is 1. The Balaban J connectivity index is 1.99. The summed E-state index contributed by atoms with van der Waals surface area (Å²) in [4.78, 5) is 14.1. The number of hydrogen-bond acceptors (Lipinski definition) is 3. The highest BCUT2D eigenvalue weighted by molar-refractivity contribution is 5.93. The number of amides is 1. The van der Waals surface area contributed by atoms with Crippen molar-refractivity contribution in [3.63, 3.8) is 0 Å². The fourth-order valence-corrected chi connectivity index (χ4v) is 2.33. The van der Waals surface area contributed by atoms with Crippen molar-refractivity contribution in [2.24, 2.45) is 7.05 Å². The van der Waals surface area contributed by atoms with E-state index in [9.17, 15) is 4.79 Å². The van der Waals surface area contributed by atoms with Crippen LogP contribution in [0.1, 0.15) is 30.1 Å². The van der Waals surface area contributed by atoms with Crippen LogP contribution in [0.4, 0.5) is 0 Å². The zero-order chi connectivity index (χ0) is 12.3. The summed E-state index contributed by atoms with van der Waals surface area (Å²) < 4.78 is 1.67. The summed E-state index contributed by atoms with van der Waals surface area (Å²) >= 11 is 0. The summed E-state index contributed by atoms with van der Waals surface area (Å²) in [7, 11) is 1.83. The Hall–Kier alpha value is -1.36. The van der Waals surface area contributed by atoms with Gasteiger partial charge < -0.3 is 10.2 Å². The molecule has 0 aromatic carbocycles. The molecule has 2 rings (SSSR count). The van der Waals surface area contributed by atoms with E-state index in [4.69, 9.17) is 0 Å². The average molecular weight is 236 g/mol. The molecule has 1 aromatic rings. The molecule has 0 spiro atoms. The molecule has 94 valence electrons. The standard InChI is InChI=1S/C12H20N4O/c1-3-13-11-5-4-6-16(9-11)12(17)10-7-14-15(2)8-10/h7-8,11,13H,3-6,9H2,1-2H3. The predicted molar refractivity (Wildman–Crippen MR) is 65.8 cm³/mol. The highest BCUT2D eigenvalue weighted by atomic mass is 16.2. The Morgan fingerprint density at radius 3 is 3.12 bits per heavy atom. The van der Waals surface area contributed by atoms with Gasteiger partial charge in [-0.15, -0.1) is 0 Å². The molecule has 0 bridgehead atoms. The lowest BCUT2D eigenvalue weighted by Gasteiger charge is -2.32. The van der Waals surface area contributed by atoms with Gasteiger partial charge in [0.25, 0.3) is 5.91 Å². The minimum Gasteiger partial charge on any atom is -0.337 e. The lowest BCUT2D eigenvalue weighted by molar-refractivity contribution is 0.0695. The maximum atomic E-state index is 12.2. The second kappa shape index (κ2) is 5.31. The molecule has 1 amide bonds. The minimum atomic E-state index is 0.0979. The number of aromatic nitrogens is 2. The molecule has 5 nitrogen and oxygen atoms in total. The third-order valence-electron chi connectivity index (χ3n) is 3.15. The number of nitrogens with one attached hydrogen (secondary N) is 1. The number of hydrogen-bond donors (Lipinski definition) is 1. The molecule has 1 unspecified atom stereocenters. The van der Waals surface area contributed by atoms with Gasteiger partial charge in [0.2, 0.25) is 0 Å². The van der Waals surface area contributed by atoms with Crippen molar-refractivity contribution in [2.75, 3.05) is 19.6 Å². The first kappa shape index (κ1) is 12.1. The highest BCUT2D eigenvalue weighted by Gasteiger charge is 2.24. The van der Waals surface area contributed by atoms with Crippen LogP contribution in [0.3, 0.4) is 0 Å². The maximum absolute atomic E-state index is 12.2. The Kier molecular flexibility index (Phi) is 3.78. The Labute approximate surface area is 102 Å². The largest absolute Gasteiger partial charge is 0.337 e. The first-order valence-electron chi connectivity index (χ1n) is 6.22. The van der Waals surface area contributed by atoms with Gasteiger partial charge in [-0.05, 0) is 19.4 Å². The van der Waals surface area contributed by atoms with E-state index in [0.717, 1.165) is 32.5 Å². The van der Waals surface area contributed by atoms with Crippen molar-refractivity contribution in [3.05, 3.63) is 18.0 Å². The molecule has 1 aliphatic rings. The lowest BCUT2D eigenvalue weighted by atomic mass is 10.1. The van der Waals surface area contributed by atoms with Gasteiger partial charge in [0, 0.05) is 32.4 Å². The number of aryl methyl sites for hydroxylation is 1. The van der Waals surface area contributed by atoms with Crippen LogP contribution in [0.15, 0.2) is 12.4 Å². The molecule has 0 aliphatic carbocycles. The summed E-state index contributed by atoms with van der Waals surface area (Å²) in [6.45, 7) is 4.72. The van der Waals surface area contributed by atoms with Gasteiger partial charge in [-0.25, -0.2) is 0 Å². The molecular weight excluding hydrogens is 216 g/mol. The van der Waals surface area contributed by atoms with Crippen molar-refractivity contribution in [3.8, 4) is 0 Å². The van der Waals surface area contributed by atoms with E-state index in [0.29, 0.717) is 11.6 Å². The molecule has 0 radical (unpaired) electrons. The second-order valence-electron chi connectivity index (χ2n) is 4.55. The number of rotatable bonds is 3. The second-order valence-corrected chi connectivity index (χ2v) is 4.55. The van der Waals surface area contributed by atoms with Gasteiger partial charge in [-0.3, -0.25) is 9.48 Å². The molecule has 1 N–H and O–H groups in total. The van der Waals surface area contributed by atoms with Gasteiger partial charge >= 0.3 is 0 Å². The Bertz CT molecular complexity index is 386. The van der Waals surface area contributed by atoms with Crippen LogP contribution in [0.25, 0.3) is 0 Å². The van der Waals surface area contributed by atoms with Crippen LogP contribution < -0.4 is 5.32 Å². The normalized spacial score (nSPS) is 20.6. The maximum Gasteiger partial charge on any atom is 0.257 e. The topological polar surface area (TPSA) is 50.2 Å². The number of carbonyl (C=O) groups excluding carboxylic acids is 1. The van der Waals surface area contributed by atoms with Gasteiger partial charge in [-0.2, -0.15) is 5.10 Å². The van der Waals surface area contributed by atoms with Crippen molar-refractivity contribution in [1.82, 2.24) is 20.0 Å². The molecule has 1 aliphatic heterocycles. The zero-order valence-corrected chi connectivity index (χ0v) is 10.5. The van der Waals surface area contributed by atoms with Crippen LogP contribution >= 0.6 is 0 Å². The molecule has 17 heavy (non-hydrogen) atoms. The van der Waals surface area contributed by atoms with Crippen molar-refractivity contribution >= 4 is 5.91 Å². The summed E-state index contributed by atoms with van der Waals surface area (Å²) in [6.07, 6.45) is 5.65. The van der Waals surface area contributed by atoms with E-state index in [-0.39, 0.29) is 5.91 Å². The van der Waals surface area contributed by atoms with E-state index in [2.05, 4.69) is 17.3 Å². The van der Waals surface area contributed by atoms with E-state index in [1.807, 2.05) is 11.9 Å². The molecule has 5 heteroatoms. The van der Waals surface area contributed by atoms with Gasteiger partial charge in [-0.1, -0.05) is 6.92 Å². The third-order valence-corrected chi connectivity index (χ3v) is 3.15. The first-order chi connectivity index (χ1) is 8.20. The molecule has 1 saturated heterocycles. The molecule has 2 heterocycles. The minimum absolute atomic E-state index is 0.0979. The number of carbonyl (C=O) groups is 1. The summed E-state index contributed by atoms with van der Waals surface area (Å²) in [5.41, 5.74) is 0.685. The fraction of sp³-hybridized carbons (Fsp3) is 0.667. The quantitative estimate of drug-likeness (QED) is 0.837. The fourth-order valence-electron chi connectivity index (χ4n) is 2.33. The number of likely N-dealkylation sites (tertiary alicyclic amines) is 1. The van der Waals surface area contributed by atoms with Crippen molar-refractivity contribution < 1.29 is 4.79 Å². The van der Waals surface area contributed by atoms with Crippen molar-refractivity contribution in [1.29, 1.82) is 0 Å². The molecular formula is C12H20N4O. The first-order valence-corrected chi connectivity index (χ1v) is 6.22. The lowest BCUT2D eigenvalue weighted by Crippen LogP contribution is -2.47. The number of nitrogens with zero attached hydrogens (tertiary/aromatic N) is 3. The van der Waals surface area contributed by atoms with E-state index < -0.39 is 0 Å². The monoisotopic (exact) mass is 236 g/mol. The van der Waals surface area contributed by atoms with Crippen LogP contribution in [-0.4, -0.2) is 46.3 Å². The van der Waals surface area contributed by atoms with E-state index in [1.54, 1.807) is 17.1 Å². The highest BCUT2D eigenvalue weighted by Crippen LogP contribution is 2.13. The molecule has 1 atom stereocenters. The predicted octanol–water partition coefficient (Wildman–Crippen LogP) is 0.634. The molecule has 0 saturated carbocycles. The summed E-state index contributed by atoms with van der Waals surface area (Å²) in [5.74, 6) is 0.0979. The van der Waals surface area contributed by atoms with Crippen LogP contribution in [0.2, 0.25) is 0 Å². The number of likely N-dealkylation sites (N-methyl/N-ethyl adjacent to an activating group) is 1. The van der Waals surface area contributed by atoms with Gasteiger partial charge in [0.1, 0.15) is 0 Å². The van der Waals surface area contributed by atoms with Crippen LogP contribution in [-0.2, 0) is 7.05 Å². The SMILES string of the molecule is CCNC1CCCN(C(=O)c2cnn(C)c2)C1. The molecule has 1 fully saturated rings. The summed E-state index contributed by atoms with van der Waals surface area (Å²) in [6, 6.07) is 0.439. The van der Waals surface area contributed by atoms with Crippen LogP contribution in [0.5, 0.6) is 0 Å². The van der Waals surface area contributed by atoms with Crippen LogP contribution in [0, 0.1) is 0 Å². The average Bonchev–Trinajstić information content (AvgIpc) is 2.76. The Morgan fingerprint density at radius 2 is 2.47 bits per heavy atom. The van der Waals surface area contributed by atoms with Crippen molar-refractivity contribution in [2.45, 2.75) is 25.8 Å². The van der Waals surface area contributed by atoms with E-state index in [1.165, 1.54) is 0 Å². The van der Waals surface area contributed by atoms with E-state index >= 15 is 0 Å². The van der Waals surface area contributed by atoms with Gasteiger partial charge in [0.05, 0.1) is 11.8 Å². The summed E-state index contributed by atoms with van der Waals surface area (Å²) in [5, 5.41) is 7.45. The molecule has 1 aromatic heterocycles. The Morgan fingerprint density at radius 1 is 1.65 bits per heavy atom. The third kappa shape index (κ3) is 2.85. The van der Waals surface area contributed by atoms with Gasteiger partial charge in [0.15, 0.2) is 0 Å².